The Morgan fingerprint density at radius 3 is 2.27 bits per heavy atom. The highest BCUT2D eigenvalue weighted by atomic mass is 32.2. The van der Waals surface area contributed by atoms with Gasteiger partial charge in [0.1, 0.15) is 18.2 Å². The van der Waals surface area contributed by atoms with Crippen molar-refractivity contribution in [1.29, 1.82) is 0 Å². The number of rotatable bonds is 9. The molecule has 0 aromatic carbocycles. The van der Waals surface area contributed by atoms with Gasteiger partial charge >= 0.3 is 5.97 Å². The predicted molar refractivity (Wildman–Crippen MR) is 165 cm³/mol. The molecular formula is C32H48N4O4S. The van der Waals surface area contributed by atoms with Gasteiger partial charge in [-0.1, -0.05) is 27.7 Å². The molecule has 3 aliphatic rings. The molecule has 1 aliphatic heterocycles. The van der Waals surface area contributed by atoms with Gasteiger partial charge in [-0.05, 0) is 92.8 Å². The second-order valence-electron chi connectivity index (χ2n) is 13.0. The third kappa shape index (κ3) is 8.49. The summed E-state index contributed by atoms with van der Waals surface area (Å²) in [6.45, 7) is 10.6. The van der Waals surface area contributed by atoms with Crippen LogP contribution in [0.25, 0.3) is 0 Å². The van der Waals surface area contributed by atoms with Gasteiger partial charge in [-0.25, -0.2) is 14.8 Å². The first-order chi connectivity index (χ1) is 19.5. The number of thioether (sulfide) groups is 1. The standard InChI is InChI=1S/C32H48N4O4S/c1-22-8-10-23(11-9-22)31(39)36(25(19-30(37)38)18-27(41-5)32(2,3)4)24-12-14-26(15-13-24)40-29-20-28(33-21-34-29)35-16-6-7-17-35/h18-24,26H,6-17H2,1-5H3,(H,37,38)/b25-19-,27-18-. The Morgan fingerprint density at radius 1 is 1.02 bits per heavy atom. The van der Waals surface area contributed by atoms with Gasteiger partial charge < -0.3 is 19.6 Å². The van der Waals surface area contributed by atoms with Gasteiger partial charge in [-0.2, -0.15) is 0 Å². The number of allylic oxidation sites excluding steroid dienone is 2. The fraction of sp³-hybridized carbons (Fsp3) is 0.688. The normalized spacial score (nSPS) is 26.1. The molecule has 0 spiro atoms. The van der Waals surface area contributed by atoms with Crippen LogP contribution in [-0.2, 0) is 9.59 Å². The Hall–Kier alpha value is -2.55. The number of anilines is 1. The fourth-order valence-corrected chi connectivity index (χ4v) is 7.20. The first-order valence-corrected chi connectivity index (χ1v) is 16.5. The second kappa shape index (κ2) is 14.1. The molecule has 4 rings (SSSR count). The maximum atomic E-state index is 14.2. The molecule has 8 nitrogen and oxygen atoms in total. The molecule has 1 amide bonds. The van der Waals surface area contributed by atoms with E-state index in [1.54, 1.807) is 18.1 Å². The third-order valence-electron chi connectivity index (χ3n) is 8.74. The molecule has 0 radical (unpaired) electrons. The molecule has 3 fully saturated rings. The van der Waals surface area contributed by atoms with Crippen LogP contribution in [0.3, 0.4) is 0 Å². The van der Waals surface area contributed by atoms with Crippen molar-refractivity contribution in [3.8, 4) is 5.88 Å². The van der Waals surface area contributed by atoms with Crippen LogP contribution in [0.1, 0.15) is 91.9 Å². The Morgan fingerprint density at radius 2 is 1.68 bits per heavy atom. The van der Waals surface area contributed by atoms with Gasteiger partial charge in [0.25, 0.3) is 0 Å². The highest BCUT2D eigenvalue weighted by Crippen LogP contribution is 2.38. The highest BCUT2D eigenvalue weighted by Gasteiger charge is 2.36. The van der Waals surface area contributed by atoms with Crippen LogP contribution in [0.2, 0.25) is 0 Å². The Kier molecular flexibility index (Phi) is 10.8. The van der Waals surface area contributed by atoms with Crippen molar-refractivity contribution in [2.45, 2.75) is 104 Å². The van der Waals surface area contributed by atoms with Crippen molar-refractivity contribution in [3.05, 3.63) is 35.1 Å². The first-order valence-electron chi connectivity index (χ1n) is 15.3. The number of hydrogen-bond donors (Lipinski definition) is 1. The maximum Gasteiger partial charge on any atom is 0.330 e. The minimum atomic E-state index is -1.03. The summed E-state index contributed by atoms with van der Waals surface area (Å²) in [5.74, 6) is 1.12. The summed E-state index contributed by atoms with van der Waals surface area (Å²) >= 11 is 1.61. The van der Waals surface area contributed by atoms with Crippen molar-refractivity contribution < 1.29 is 19.4 Å². The van der Waals surface area contributed by atoms with E-state index in [2.05, 4.69) is 42.6 Å². The number of ether oxygens (including phenoxy) is 1. The monoisotopic (exact) mass is 584 g/mol. The Bertz CT molecular complexity index is 1110. The second-order valence-corrected chi connectivity index (χ2v) is 13.8. The average molecular weight is 585 g/mol. The number of carbonyl (C=O) groups excluding carboxylic acids is 1. The molecular weight excluding hydrogens is 536 g/mol. The maximum absolute atomic E-state index is 14.2. The minimum absolute atomic E-state index is 0.00107. The smallest absolute Gasteiger partial charge is 0.330 e. The van der Waals surface area contributed by atoms with Crippen LogP contribution in [0, 0.1) is 17.3 Å². The molecule has 2 aliphatic carbocycles. The van der Waals surface area contributed by atoms with Gasteiger partial charge in [0.2, 0.25) is 11.8 Å². The van der Waals surface area contributed by atoms with E-state index >= 15 is 0 Å². The van der Waals surface area contributed by atoms with Gasteiger partial charge in [0.15, 0.2) is 0 Å². The first kappa shape index (κ1) is 31.4. The highest BCUT2D eigenvalue weighted by molar-refractivity contribution is 8.02. The summed E-state index contributed by atoms with van der Waals surface area (Å²) in [5, 5.41) is 9.87. The van der Waals surface area contributed by atoms with Crippen LogP contribution in [-0.4, -0.2) is 63.3 Å². The SMILES string of the molecule is CS/C(=C\C(=C\C(=O)O)N(C(=O)C1CCC(C)CC1)C1CCC(Oc2cc(N3CCCC3)ncn2)CC1)C(C)(C)C. The molecule has 41 heavy (non-hydrogen) atoms. The van der Waals surface area contributed by atoms with Gasteiger partial charge in [-0.15, -0.1) is 11.8 Å². The molecule has 2 saturated carbocycles. The largest absolute Gasteiger partial charge is 0.478 e. The summed E-state index contributed by atoms with van der Waals surface area (Å²) < 4.78 is 6.32. The number of carboxylic acids is 1. The van der Waals surface area contributed by atoms with Crippen LogP contribution < -0.4 is 9.64 Å². The van der Waals surface area contributed by atoms with Gasteiger partial charge in [0.05, 0.1) is 5.70 Å². The van der Waals surface area contributed by atoms with E-state index in [0.717, 1.165) is 75.2 Å². The van der Waals surface area contributed by atoms with E-state index < -0.39 is 5.97 Å². The summed E-state index contributed by atoms with van der Waals surface area (Å²) in [6.07, 6.45) is 16.0. The summed E-state index contributed by atoms with van der Waals surface area (Å²) in [6, 6.07) is 1.86. The lowest BCUT2D eigenvalue weighted by atomic mass is 9.81. The molecule has 1 saturated heterocycles. The van der Waals surface area contributed by atoms with Crippen LogP contribution in [0.5, 0.6) is 5.88 Å². The lowest BCUT2D eigenvalue weighted by Gasteiger charge is -2.40. The number of carboxylic acid groups (broad SMARTS) is 1. The number of nitrogens with zero attached hydrogens (tertiary/aromatic N) is 4. The van der Waals surface area contributed by atoms with Crippen LogP contribution in [0.4, 0.5) is 5.82 Å². The molecule has 226 valence electrons. The third-order valence-corrected chi connectivity index (χ3v) is 9.91. The van der Waals surface area contributed by atoms with E-state index in [-0.39, 0.29) is 29.4 Å². The molecule has 0 atom stereocenters. The van der Waals surface area contributed by atoms with E-state index in [0.29, 0.717) is 17.5 Å². The minimum Gasteiger partial charge on any atom is -0.478 e. The fourth-order valence-electron chi connectivity index (χ4n) is 6.35. The van der Waals surface area contributed by atoms with Crippen LogP contribution in [0.15, 0.2) is 35.1 Å². The summed E-state index contributed by atoms with van der Waals surface area (Å²) in [5.41, 5.74) is 0.332. The topological polar surface area (TPSA) is 95.9 Å². The number of carbonyl (C=O) groups is 2. The predicted octanol–water partition coefficient (Wildman–Crippen LogP) is 6.68. The zero-order valence-corrected chi connectivity index (χ0v) is 26.3. The molecule has 0 unspecified atom stereocenters. The van der Waals surface area contributed by atoms with Crippen LogP contribution >= 0.6 is 11.8 Å². The van der Waals surface area contributed by atoms with E-state index in [1.165, 1.54) is 18.9 Å². The van der Waals surface area contributed by atoms with E-state index in [9.17, 15) is 14.7 Å². The number of hydrogen-bond acceptors (Lipinski definition) is 7. The zero-order chi connectivity index (χ0) is 29.6. The van der Waals surface area contributed by atoms with E-state index in [4.69, 9.17) is 4.74 Å². The van der Waals surface area contributed by atoms with Gasteiger partial charge in [0, 0.05) is 37.2 Å². The Balaban J connectivity index is 1.54. The van der Waals surface area contributed by atoms with E-state index in [1.807, 2.05) is 23.3 Å². The molecule has 1 N–H and O–H groups in total. The van der Waals surface area contributed by atoms with Gasteiger partial charge in [-0.3, -0.25) is 4.79 Å². The molecule has 1 aromatic heterocycles. The quantitative estimate of drug-likeness (QED) is 0.254. The van der Waals surface area contributed by atoms with Crippen molar-refractivity contribution in [3.63, 3.8) is 0 Å². The van der Waals surface area contributed by atoms with Crippen molar-refractivity contribution in [1.82, 2.24) is 14.9 Å². The van der Waals surface area contributed by atoms with Crippen molar-refractivity contribution >= 4 is 29.5 Å². The molecule has 9 heteroatoms. The average Bonchev–Trinajstić information content (AvgIpc) is 3.47. The Labute approximate surface area is 250 Å². The molecule has 2 heterocycles. The van der Waals surface area contributed by atoms with Crippen molar-refractivity contribution in [2.75, 3.05) is 24.2 Å². The number of aliphatic carboxylic acids is 1. The van der Waals surface area contributed by atoms with Crippen molar-refractivity contribution in [2.24, 2.45) is 17.3 Å². The number of aromatic nitrogens is 2. The lowest BCUT2D eigenvalue weighted by molar-refractivity contribution is -0.137. The lowest BCUT2D eigenvalue weighted by Crippen LogP contribution is -2.46. The zero-order valence-electron chi connectivity index (χ0n) is 25.5. The summed E-state index contributed by atoms with van der Waals surface area (Å²) in [4.78, 5) is 40.2. The summed E-state index contributed by atoms with van der Waals surface area (Å²) in [7, 11) is 0. The number of amides is 1. The molecule has 1 aromatic rings. The molecule has 0 bridgehead atoms.